The molecule has 6 unspecified atom stereocenters. The minimum Gasteiger partial charge on any atom is -0.491 e. The third-order valence-electron chi connectivity index (χ3n) is 11.0. The topological polar surface area (TPSA) is 129 Å². The van der Waals surface area contributed by atoms with Gasteiger partial charge in [0.1, 0.15) is 35.8 Å². The number of amides is 1. The van der Waals surface area contributed by atoms with Crippen molar-refractivity contribution in [3.63, 3.8) is 0 Å². The summed E-state index contributed by atoms with van der Waals surface area (Å²) in [5.74, 6) is 2.65. The molecule has 3 heterocycles. The molecule has 0 bridgehead atoms. The molecule has 56 heavy (non-hydrogen) atoms. The summed E-state index contributed by atoms with van der Waals surface area (Å²) in [6.07, 6.45) is -0.853. The van der Waals surface area contributed by atoms with Gasteiger partial charge in [-0.1, -0.05) is 121 Å². The lowest BCUT2D eigenvalue weighted by molar-refractivity contribution is -0.179. The summed E-state index contributed by atoms with van der Waals surface area (Å²) in [5.41, 5.74) is 2.75. The number of aliphatic hydroxyl groups excluding tert-OH is 1. The maximum Gasteiger partial charge on any atom is 0.325 e. The molecule has 3 aliphatic rings. The predicted octanol–water partition coefficient (Wildman–Crippen LogP) is 5.90. The van der Waals surface area contributed by atoms with Gasteiger partial charge >= 0.3 is 11.9 Å². The molecule has 0 aromatic heterocycles. The summed E-state index contributed by atoms with van der Waals surface area (Å²) < 4.78 is 12.4. The first kappa shape index (κ1) is 36.7. The van der Waals surface area contributed by atoms with Gasteiger partial charge in [-0.25, -0.2) is 0 Å². The van der Waals surface area contributed by atoms with Gasteiger partial charge in [-0.2, -0.15) is 0 Å². The Labute approximate surface area is 325 Å². The van der Waals surface area contributed by atoms with Crippen molar-refractivity contribution in [3.8, 4) is 17.6 Å². The van der Waals surface area contributed by atoms with Gasteiger partial charge in [-0.3, -0.25) is 24.2 Å². The van der Waals surface area contributed by atoms with Gasteiger partial charge in [0.25, 0.3) is 0 Å². The van der Waals surface area contributed by atoms with Gasteiger partial charge in [-0.05, 0) is 53.6 Å². The molecule has 3 N–H and O–H groups in total. The third-order valence-corrected chi connectivity index (χ3v) is 11.0. The molecule has 10 nitrogen and oxygen atoms in total. The number of benzene rings is 5. The molecular weight excluding hydrogens is 707 g/mol. The fourth-order valence-corrected chi connectivity index (χ4v) is 8.84. The van der Waals surface area contributed by atoms with Crippen LogP contribution < -0.4 is 10.1 Å². The summed E-state index contributed by atoms with van der Waals surface area (Å²) in [6, 6.07) is 38.2. The summed E-state index contributed by atoms with van der Waals surface area (Å²) in [5, 5.41) is 24.1. The fraction of sp³-hybridized carbons (Fsp3) is 0.239. The molecule has 1 amide bonds. The number of carboxylic acid groups (broad SMARTS) is 1. The standard InChI is InChI=1S/C46H41N3O7/c1-48(29-31-14-5-2-6-15-31)25-13-16-30-23-24-36-35(28-30)46(45(54)47-36)38(43(51)52)40-44(53)56-41(33-19-9-4-10-20-33)39(32-17-7-3-8-18-32)49(40)42(46)34-21-11-12-22-37(34)55-27-26-50/h2-12,14-15,17-24,28,38-42,50H,25-27,29H2,1H3,(H,47,54)(H,51,52). The molecule has 282 valence electrons. The van der Waals surface area contributed by atoms with Crippen molar-refractivity contribution in [2.75, 3.05) is 32.1 Å². The Balaban J connectivity index is 1.33. The average molecular weight is 748 g/mol. The number of rotatable bonds is 10. The maximum absolute atomic E-state index is 15.0. The third kappa shape index (κ3) is 6.39. The second kappa shape index (κ2) is 15.5. The average Bonchev–Trinajstić information content (AvgIpc) is 3.69. The number of anilines is 1. The van der Waals surface area contributed by atoms with E-state index in [9.17, 15) is 19.8 Å². The fourth-order valence-electron chi connectivity index (χ4n) is 8.84. The highest BCUT2D eigenvalue weighted by atomic mass is 16.6. The van der Waals surface area contributed by atoms with E-state index in [-0.39, 0.29) is 13.2 Å². The minimum absolute atomic E-state index is 0.0411. The zero-order valence-electron chi connectivity index (χ0n) is 30.7. The van der Waals surface area contributed by atoms with Gasteiger partial charge in [0.05, 0.1) is 25.2 Å². The van der Waals surface area contributed by atoms with Crippen molar-refractivity contribution < 1.29 is 34.1 Å². The van der Waals surface area contributed by atoms with Crippen molar-refractivity contribution in [1.82, 2.24) is 9.80 Å². The number of hydrogen-bond acceptors (Lipinski definition) is 8. The lowest BCUT2D eigenvalue weighted by atomic mass is 9.65. The number of nitrogens with zero attached hydrogens (tertiary/aromatic N) is 2. The number of cyclic esters (lactones) is 1. The van der Waals surface area contributed by atoms with Crippen LogP contribution in [-0.4, -0.2) is 70.7 Å². The molecule has 0 radical (unpaired) electrons. The second-order valence-electron chi connectivity index (χ2n) is 14.4. The van der Waals surface area contributed by atoms with Gasteiger partial charge in [0, 0.05) is 23.4 Å². The first-order valence-corrected chi connectivity index (χ1v) is 18.6. The number of carbonyl (C=O) groups excluding carboxylic acids is 2. The number of aliphatic hydroxyl groups is 1. The monoisotopic (exact) mass is 747 g/mol. The Bertz CT molecular complexity index is 2310. The highest BCUT2D eigenvalue weighted by Crippen LogP contribution is 2.65. The van der Waals surface area contributed by atoms with Crippen LogP contribution in [0.4, 0.5) is 5.69 Å². The molecule has 5 aromatic carbocycles. The Hall–Kier alpha value is -6.25. The van der Waals surface area contributed by atoms with Crippen molar-refractivity contribution in [1.29, 1.82) is 0 Å². The summed E-state index contributed by atoms with van der Waals surface area (Å²) in [4.78, 5) is 47.5. The van der Waals surface area contributed by atoms with E-state index in [2.05, 4.69) is 34.2 Å². The van der Waals surface area contributed by atoms with Crippen LogP contribution in [0.25, 0.3) is 0 Å². The molecule has 8 rings (SSSR count). The maximum atomic E-state index is 15.0. The molecule has 2 saturated heterocycles. The molecule has 3 aliphatic heterocycles. The van der Waals surface area contributed by atoms with Crippen molar-refractivity contribution in [2.24, 2.45) is 5.92 Å². The summed E-state index contributed by atoms with van der Waals surface area (Å²) in [6.45, 7) is 0.863. The zero-order chi connectivity index (χ0) is 38.8. The number of nitrogens with one attached hydrogen (secondary N) is 1. The molecule has 6 atom stereocenters. The van der Waals surface area contributed by atoms with Crippen LogP contribution in [0.15, 0.2) is 133 Å². The van der Waals surface area contributed by atoms with E-state index in [1.807, 2.05) is 90.8 Å². The minimum atomic E-state index is -1.86. The van der Waals surface area contributed by atoms with Crippen LogP contribution in [0.2, 0.25) is 0 Å². The van der Waals surface area contributed by atoms with Crippen molar-refractivity contribution in [3.05, 3.63) is 167 Å². The molecule has 5 aromatic rings. The van der Waals surface area contributed by atoms with Crippen molar-refractivity contribution in [2.45, 2.75) is 36.2 Å². The molecule has 1 spiro atoms. The molecule has 10 heteroatoms. The second-order valence-corrected chi connectivity index (χ2v) is 14.4. The molecule has 0 aliphatic carbocycles. The van der Waals surface area contributed by atoms with E-state index < -0.39 is 53.4 Å². The van der Waals surface area contributed by atoms with E-state index in [0.717, 1.165) is 16.7 Å². The van der Waals surface area contributed by atoms with E-state index in [4.69, 9.17) is 9.47 Å². The van der Waals surface area contributed by atoms with Gasteiger partial charge < -0.3 is 25.0 Å². The predicted molar refractivity (Wildman–Crippen MR) is 209 cm³/mol. The summed E-state index contributed by atoms with van der Waals surface area (Å²) in [7, 11) is 1.99. The Morgan fingerprint density at radius 2 is 1.54 bits per heavy atom. The normalized spacial score (nSPS) is 23.8. The van der Waals surface area contributed by atoms with E-state index in [1.54, 1.807) is 42.5 Å². The number of carboxylic acids is 1. The number of morpholine rings is 1. The highest BCUT2D eigenvalue weighted by molar-refractivity contribution is 6.11. The van der Waals surface area contributed by atoms with Crippen LogP contribution in [0, 0.1) is 17.8 Å². The Morgan fingerprint density at radius 1 is 0.875 bits per heavy atom. The number of para-hydroxylation sites is 1. The highest BCUT2D eigenvalue weighted by Gasteiger charge is 2.74. The smallest absolute Gasteiger partial charge is 0.325 e. The van der Waals surface area contributed by atoms with E-state index >= 15 is 4.79 Å². The number of hydrogen-bond donors (Lipinski definition) is 3. The number of ether oxygens (including phenoxy) is 2. The van der Waals surface area contributed by atoms with Crippen LogP contribution in [0.5, 0.6) is 5.75 Å². The summed E-state index contributed by atoms with van der Waals surface area (Å²) >= 11 is 0. The van der Waals surface area contributed by atoms with Crippen LogP contribution in [0.3, 0.4) is 0 Å². The number of aliphatic carboxylic acids is 1. The SMILES string of the molecule is CN(CC#Cc1ccc2c(c1)C1(C(=O)N2)C(C(=O)O)C2C(=O)OC(c3ccccc3)C(c3ccccc3)N2C1c1ccccc1OCCO)Cc1ccccc1. The lowest BCUT2D eigenvalue weighted by Crippen LogP contribution is -2.52. The lowest BCUT2D eigenvalue weighted by Gasteiger charge is -2.46. The van der Waals surface area contributed by atoms with E-state index in [0.29, 0.717) is 41.2 Å². The van der Waals surface area contributed by atoms with E-state index in [1.165, 1.54) is 0 Å². The first-order chi connectivity index (χ1) is 27.3. The number of esters is 1. The van der Waals surface area contributed by atoms with Gasteiger partial charge in [0.2, 0.25) is 5.91 Å². The first-order valence-electron chi connectivity index (χ1n) is 18.6. The quantitative estimate of drug-likeness (QED) is 0.118. The number of fused-ring (bicyclic) bond motifs is 3. The van der Waals surface area contributed by atoms with Crippen LogP contribution >= 0.6 is 0 Å². The Kier molecular flexibility index (Phi) is 10.1. The number of carbonyl (C=O) groups is 3. The van der Waals surface area contributed by atoms with Gasteiger partial charge in [0.15, 0.2) is 0 Å². The van der Waals surface area contributed by atoms with Crippen LogP contribution in [-0.2, 0) is 31.1 Å². The molecule has 0 saturated carbocycles. The van der Waals surface area contributed by atoms with Gasteiger partial charge in [-0.15, -0.1) is 0 Å². The zero-order valence-corrected chi connectivity index (χ0v) is 30.7. The van der Waals surface area contributed by atoms with Crippen LogP contribution in [0.1, 0.15) is 51.6 Å². The van der Waals surface area contributed by atoms with Crippen molar-refractivity contribution >= 4 is 23.5 Å². The molecule has 2 fully saturated rings. The molecular formula is C46H41N3O7. The Morgan fingerprint density at radius 3 is 2.23 bits per heavy atom. The largest absolute Gasteiger partial charge is 0.491 e.